The van der Waals surface area contributed by atoms with E-state index >= 15 is 0 Å². The van der Waals surface area contributed by atoms with Crippen LogP contribution in [0.1, 0.15) is 5.56 Å². The maximum Gasteiger partial charge on any atom is 0.351 e. The predicted octanol–water partition coefficient (Wildman–Crippen LogP) is 4.04. The molecule has 2 heterocycles. The number of nitrogens with zero attached hydrogens (tertiary/aromatic N) is 2. The third-order valence-corrected chi connectivity index (χ3v) is 5.18. The van der Waals surface area contributed by atoms with Crippen molar-refractivity contribution in [2.45, 2.75) is 13.0 Å². The highest BCUT2D eigenvalue weighted by molar-refractivity contribution is 9.10. The van der Waals surface area contributed by atoms with E-state index in [0.717, 1.165) is 21.3 Å². The topological polar surface area (TPSA) is 62.6 Å². The summed E-state index contributed by atoms with van der Waals surface area (Å²) >= 11 is 3.44. The van der Waals surface area contributed by atoms with Gasteiger partial charge < -0.3 is 14.2 Å². The van der Waals surface area contributed by atoms with Crippen molar-refractivity contribution in [3.8, 4) is 34.4 Å². The quantitative estimate of drug-likeness (QED) is 0.627. The molecule has 7 heteroatoms. The Hall–Kier alpha value is -2.80. The Morgan fingerprint density at radius 2 is 1.78 bits per heavy atom. The van der Waals surface area contributed by atoms with Crippen LogP contribution < -0.4 is 19.9 Å². The van der Waals surface area contributed by atoms with Gasteiger partial charge in [0.2, 0.25) is 5.88 Å². The molecule has 1 aromatic heterocycles. The number of halogens is 1. The molecule has 0 amide bonds. The summed E-state index contributed by atoms with van der Waals surface area (Å²) in [7, 11) is 3.20. The second-order valence-electron chi connectivity index (χ2n) is 6.06. The third kappa shape index (κ3) is 3.19. The van der Waals surface area contributed by atoms with E-state index in [1.165, 1.54) is 0 Å². The monoisotopic (exact) mass is 428 g/mol. The number of methoxy groups -OCH3 is 2. The van der Waals surface area contributed by atoms with Gasteiger partial charge in [0.15, 0.2) is 11.5 Å². The Labute approximate surface area is 164 Å². The predicted molar refractivity (Wildman–Crippen MR) is 105 cm³/mol. The molecule has 1 aliphatic heterocycles. The maximum absolute atomic E-state index is 12.6. The molecule has 6 nitrogen and oxygen atoms in total. The number of rotatable bonds is 4. The van der Waals surface area contributed by atoms with Gasteiger partial charge >= 0.3 is 5.69 Å². The van der Waals surface area contributed by atoms with Crippen molar-refractivity contribution in [3.63, 3.8) is 0 Å². The number of ether oxygens (including phenoxy) is 3. The second kappa shape index (κ2) is 7.08. The van der Waals surface area contributed by atoms with Gasteiger partial charge in [-0.2, -0.15) is 4.98 Å². The summed E-state index contributed by atoms with van der Waals surface area (Å²) in [5, 5.41) is 0. The summed E-state index contributed by atoms with van der Waals surface area (Å²) in [5.74, 6) is 2.13. The molecule has 0 saturated carbocycles. The Morgan fingerprint density at radius 1 is 1.04 bits per heavy atom. The van der Waals surface area contributed by atoms with E-state index in [9.17, 15) is 4.79 Å². The zero-order valence-electron chi connectivity index (χ0n) is 14.9. The minimum atomic E-state index is -0.338. The van der Waals surface area contributed by atoms with Crippen LogP contribution >= 0.6 is 15.9 Å². The Balaban J connectivity index is 1.83. The normalized spacial score (nSPS) is 12.1. The summed E-state index contributed by atoms with van der Waals surface area (Å²) in [6, 6.07) is 13.1. The van der Waals surface area contributed by atoms with Gasteiger partial charge in [0.1, 0.15) is 5.75 Å². The van der Waals surface area contributed by atoms with Gasteiger partial charge in [-0.15, -0.1) is 0 Å². The summed E-state index contributed by atoms with van der Waals surface area (Å²) in [5.41, 5.74) is 2.41. The van der Waals surface area contributed by atoms with Crippen LogP contribution in [0.15, 0.2) is 51.7 Å². The van der Waals surface area contributed by atoms with Gasteiger partial charge in [-0.1, -0.05) is 12.1 Å². The largest absolute Gasteiger partial charge is 0.493 e. The molecule has 2 aromatic carbocycles. The molecule has 138 valence electrons. The van der Waals surface area contributed by atoms with E-state index in [4.69, 9.17) is 14.2 Å². The lowest BCUT2D eigenvalue weighted by atomic mass is 9.97. The average molecular weight is 429 g/mol. The lowest BCUT2D eigenvalue weighted by molar-refractivity contribution is 0.354. The van der Waals surface area contributed by atoms with Crippen LogP contribution in [0.3, 0.4) is 0 Å². The van der Waals surface area contributed by atoms with Gasteiger partial charge in [0, 0.05) is 18.2 Å². The Bertz CT molecular complexity index is 1080. The van der Waals surface area contributed by atoms with Crippen LogP contribution in [0.2, 0.25) is 0 Å². The Morgan fingerprint density at radius 3 is 2.52 bits per heavy atom. The van der Waals surface area contributed by atoms with E-state index in [1.54, 1.807) is 24.9 Å². The van der Waals surface area contributed by atoms with Crippen molar-refractivity contribution in [2.24, 2.45) is 0 Å². The summed E-state index contributed by atoms with van der Waals surface area (Å²) in [4.78, 5) is 16.6. The van der Waals surface area contributed by atoms with Gasteiger partial charge in [-0.3, -0.25) is 4.57 Å². The molecule has 0 fully saturated rings. The molecule has 0 atom stereocenters. The lowest BCUT2D eigenvalue weighted by Gasteiger charge is -2.23. The fourth-order valence-electron chi connectivity index (χ4n) is 3.22. The van der Waals surface area contributed by atoms with Crippen LogP contribution in [0, 0.1) is 0 Å². The number of aryl methyl sites for hydroxylation is 1. The van der Waals surface area contributed by atoms with Crippen molar-refractivity contribution in [1.82, 2.24) is 9.55 Å². The molecule has 0 saturated heterocycles. The van der Waals surface area contributed by atoms with Gasteiger partial charge in [0.25, 0.3) is 0 Å². The zero-order valence-corrected chi connectivity index (χ0v) is 16.4. The first-order valence-corrected chi connectivity index (χ1v) is 9.19. The fraction of sp³-hybridized carbons (Fsp3) is 0.200. The minimum absolute atomic E-state index is 0.251. The highest BCUT2D eigenvalue weighted by Gasteiger charge is 2.22. The van der Waals surface area contributed by atoms with Crippen molar-refractivity contribution in [1.29, 1.82) is 0 Å². The zero-order chi connectivity index (χ0) is 19.0. The highest BCUT2D eigenvalue weighted by atomic mass is 79.9. The van der Waals surface area contributed by atoms with E-state index in [-0.39, 0.29) is 11.6 Å². The Kier molecular flexibility index (Phi) is 4.61. The molecule has 4 rings (SSSR count). The van der Waals surface area contributed by atoms with E-state index in [1.807, 2.05) is 36.4 Å². The molecule has 0 unspecified atom stereocenters. The van der Waals surface area contributed by atoms with Crippen molar-refractivity contribution in [2.75, 3.05) is 14.2 Å². The van der Waals surface area contributed by atoms with Crippen LogP contribution in [0.25, 0.3) is 11.3 Å². The standard InChI is InChI=1S/C20H17BrN2O4/c1-25-17-9-12-7-8-23-15(13(12)10-18(17)26-2)11-19(22-20(23)24)27-16-6-4-3-5-14(16)21/h3-6,9-11H,7-8H2,1-2H3. The number of fused-ring (bicyclic) bond motifs is 3. The molecular weight excluding hydrogens is 412 g/mol. The lowest BCUT2D eigenvalue weighted by Crippen LogP contribution is -2.28. The molecular formula is C20H17BrN2O4. The molecule has 3 aromatic rings. The number of hydrogen-bond donors (Lipinski definition) is 0. The van der Waals surface area contributed by atoms with E-state index < -0.39 is 0 Å². The maximum atomic E-state index is 12.6. The van der Waals surface area contributed by atoms with Crippen molar-refractivity contribution >= 4 is 15.9 Å². The number of para-hydroxylation sites is 1. The molecule has 27 heavy (non-hydrogen) atoms. The smallest absolute Gasteiger partial charge is 0.351 e. The van der Waals surface area contributed by atoms with Crippen LogP contribution in [-0.4, -0.2) is 23.8 Å². The molecule has 0 bridgehead atoms. The number of hydrogen-bond acceptors (Lipinski definition) is 5. The third-order valence-electron chi connectivity index (χ3n) is 4.53. The second-order valence-corrected chi connectivity index (χ2v) is 6.91. The summed E-state index contributed by atoms with van der Waals surface area (Å²) < 4.78 is 19.1. The average Bonchev–Trinajstić information content (AvgIpc) is 2.68. The van der Waals surface area contributed by atoms with Crippen LogP contribution in [0.5, 0.6) is 23.1 Å². The van der Waals surface area contributed by atoms with Gasteiger partial charge in [-0.25, -0.2) is 4.79 Å². The fourth-order valence-corrected chi connectivity index (χ4v) is 3.58. The van der Waals surface area contributed by atoms with E-state index in [2.05, 4.69) is 20.9 Å². The molecule has 0 radical (unpaired) electrons. The van der Waals surface area contributed by atoms with Gasteiger partial charge in [-0.05, 0) is 52.2 Å². The molecule has 1 aliphatic rings. The minimum Gasteiger partial charge on any atom is -0.493 e. The molecule has 0 aliphatic carbocycles. The van der Waals surface area contributed by atoms with Crippen molar-refractivity contribution in [3.05, 3.63) is 63.0 Å². The van der Waals surface area contributed by atoms with Gasteiger partial charge in [0.05, 0.1) is 24.4 Å². The molecule has 0 N–H and O–H groups in total. The van der Waals surface area contributed by atoms with Crippen LogP contribution in [-0.2, 0) is 13.0 Å². The number of benzene rings is 2. The number of aromatic nitrogens is 2. The summed E-state index contributed by atoms with van der Waals surface area (Å²) in [6.45, 7) is 0.555. The summed E-state index contributed by atoms with van der Waals surface area (Å²) in [6.07, 6.45) is 0.717. The molecule has 0 spiro atoms. The van der Waals surface area contributed by atoms with Crippen LogP contribution in [0.4, 0.5) is 0 Å². The van der Waals surface area contributed by atoms with Crippen molar-refractivity contribution < 1.29 is 14.2 Å². The highest BCUT2D eigenvalue weighted by Crippen LogP contribution is 2.39. The SMILES string of the molecule is COc1cc2c(cc1OC)-c1cc(Oc3ccccc3Br)nc(=O)n1CC2. The van der Waals surface area contributed by atoms with E-state index in [0.29, 0.717) is 30.2 Å². The first-order valence-electron chi connectivity index (χ1n) is 8.40. The first kappa shape index (κ1) is 17.6. The first-order chi connectivity index (χ1) is 13.1.